The van der Waals surface area contributed by atoms with Gasteiger partial charge in [-0.3, -0.25) is 4.79 Å². The molecule has 1 aromatic rings. The summed E-state index contributed by atoms with van der Waals surface area (Å²) in [6.45, 7) is 6.78. The van der Waals surface area contributed by atoms with Crippen LogP contribution in [0, 0.1) is 12.8 Å². The molecule has 1 saturated heterocycles. The first-order chi connectivity index (χ1) is 9.91. The molecule has 2 rings (SSSR count). The molecule has 1 amide bonds. The molecular weight excluding hydrogens is 288 g/mol. The van der Waals surface area contributed by atoms with Crippen LogP contribution in [-0.2, 0) is 10.0 Å². The number of aryl methyl sites for hydroxylation is 1. The van der Waals surface area contributed by atoms with Crippen molar-refractivity contribution in [3.05, 3.63) is 47.4 Å². The van der Waals surface area contributed by atoms with E-state index in [0.717, 1.165) is 17.4 Å². The molecule has 0 radical (unpaired) electrons. The maximum Gasteiger partial charge on any atom is 0.253 e. The van der Waals surface area contributed by atoms with Gasteiger partial charge in [-0.1, -0.05) is 24.3 Å². The normalized spacial score (nSPS) is 18.7. The van der Waals surface area contributed by atoms with E-state index in [1.807, 2.05) is 31.2 Å². The van der Waals surface area contributed by atoms with Crippen molar-refractivity contribution < 1.29 is 13.2 Å². The minimum Gasteiger partial charge on any atom is -0.338 e. The molecule has 0 aromatic heterocycles. The SMILES string of the molecule is C=CS(=O)(=O)NCC1CCN(C(=O)c2cccc(C)c2)C1. The van der Waals surface area contributed by atoms with E-state index in [1.54, 1.807) is 4.90 Å². The number of hydrogen-bond donors (Lipinski definition) is 1. The van der Waals surface area contributed by atoms with Gasteiger partial charge in [0, 0.05) is 30.6 Å². The monoisotopic (exact) mass is 308 g/mol. The van der Waals surface area contributed by atoms with E-state index in [0.29, 0.717) is 25.2 Å². The largest absolute Gasteiger partial charge is 0.338 e. The summed E-state index contributed by atoms with van der Waals surface area (Å²) in [5.41, 5.74) is 1.73. The standard InChI is InChI=1S/C15H20N2O3S/c1-3-21(19,20)16-10-13-7-8-17(11-13)15(18)14-6-4-5-12(2)9-14/h3-6,9,13,16H,1,7-8,10-11H2,2H3. The van der Waals surface area contributed by atoms with Crippen molar-refractivity contribution >= 4 is 15.9 Å². The molecule has 5 nitrogen and oxygen atoms in total. The molecule has 0 saturated carbocycles. The average molecular weight is 308 g/mol. The van der Waals surface area contributed by atoms with Gasteiger partial charge in [0.15, 0.2) is 0 Å². The molecule has 1 N–H and O–H groups in total. The van der Waals surface area contributed by atoms with E-state index in [-0.39, 0.29) is 11.8 Å². The van der Waals surface area contributed by atoms with Gasteiger partial charge >= 0.3 is 0 Å². The van der Waals surface area contributed by atoms with Crippen LogP contribution in [0.5, 0.6) is 0 Å². The number of carbonyl (C=O) groups excluding carboxylic acids is 1. The fourth-order valence-electron chi connectivity index (χ4n) is 2.44. The predicted molar refractivity (Wildman–Crippen MR) is 82.3 cm³/mol. The zero-order valence-electron chi connectivity index (χ0n) is 12.1. The van der Waals surface area contributed by atoms with Crippen LogP contribution in [0.1, 0.15) is 22.3 Å². The van der Waals surface area contributed by atoms with Crippen molar-refractivity contribution in [3.8, 4) is 0 Å². The Kier molecular flexibility index (Phi) is 4.80. The number of hydrogen-bond acceptors (Lipinski definition) is 3. The maximum absolute atomic E-state index is 12.4. The number of nitrogens with zero attached hydrogens (tertiary/aromatic N) is 1. The van der Waals surface area contributed by atoms with Crippen molar-refractivity contribution in [2.24, 2.45) is 5.92 Å². The second kappa shape index (κ2) is 6.41. The third-order valence-electron chi connectivity index (χ3n) is 3.63. The molecule has 0 bridgehead atoms. The van der Waals surface area contributed by atoms with Gasteiger partial charge < -0.3 is 4.90 Å². The third kappa shape index (κ3) is 4.15. The lowest BCUT2D eigenvalue weighted by Gasteiger charge is -2.17. The number of sulfonamides is 1. The number of benzene rings is 1. The van der Waals surface area contributed by atoms with Crippen LogP contribution in [0.3, 0.4) is 0 Å². The zero-order chi connectivity index (χ0) is 15.5. The number of carbonyl (C=O) groups is 1. The second-order valence-corrected chi connectivity index (χ2v) is 7.05. The lowest BCUT2D eigenvalue weighted by atomic mass is 10.1. The highest BCUT2D eigenvalue weighted by molar-refractivity contribution is 7.92. The minimum absolute atomic E-state index is 0.00720. The first-order valence-electron chi connectivity index (χ1n) is 6.89. The lowest BCUT2D eigenvalue weighted by molar-refractivity contribution is 0.0787. The van der Waals surface area contributed by atoms with Crippen LogP contribution < -0.4 is 4.72 Å². The summed E-state index contributed by atoms with van der Waals surface area (Å²) >= 11 is 0. The summed E-state index contributed by atoms with van der Waals surface area (Å²) in [6.07, 6.45) is 0.803. The summed E-state index contributed by atoms with van der Waals surface area (Å²) < 4.78 is 25.1. The maximum atomic E-state index is 12.4. The first kappa shape index (κ1) is 15.7. The van der Waals surface area contributed by atoms with Crippen LogP contribution >= 0.6 is 0 Å². The number of rotatable bonds is 5. The van der Waals surface area contributed by atoms with Crippen LogP contribution in [0.15, 0.2) is 36.3 Å². The molecule has 1 aliphatic heterocycles. The highest BCUT2D eigenvalue weighted by atomic mass is 32.2. The number of nitrogens with one attached hydrogen (secondary N) is 1. The van der Waals surface area contributed by atoms with E-state index in [9.17, 15) is 13.2 Å². The summed E-state index contributed by atoms with van der Waals surface area (Å²) in [5, 5.41) is 0.900. The van der Waals surface area contributed by atoms with Crippen molar-refractivity contribution in [2.75, 3.05) is 19.6 Å². The molecule has 21 heavy (non-hydrogen) atoms. The molecule has 1 aliphatic rings. The quantitative estimate of drug-likeness (QED) is 0.897. The summed E-state index contributed by atoms with van der Waals surface area (Å²) in [6, 6.07) is 7.50. The molecule has 1 unspecified atom stereocenters. The van der Waals surface area contributed by atoms with Crippen LogP contribution in [-0.4, -0.2) is 38.9 Å². The predicted octanol–water partition coefficient (Wildman–Crippen LogP) is 1.52. The van der Waals surface area contributed by atoms with Gasteiger partial charge in [-0.2, -0.15) is 0 Å². The van der Waals surface area contributed by atoms with E-state index in [4.69, 9.17) is 0 Å². The Morgan fingerprint density at radius 3 is 2.95 bits per heavy atom. The van der Waals surface area contributed by atoms with E-state index in [2.05, 4.69) is 11.3 Å². The fraction of sp³-hybridized carbons (Fsp3) is 0.400. The Morgan fingerprint density at radius 1 is 1.52 bits per heavy atom. The molecule has 0 aliphatic carbocycles. The lowest BCUT2D eigenvalue weighted by Crippen LogP contribution is -2.32. The molecular formula is C15H20N2O3S. The second-order valence-electron chi connectivity index (χ2n) is 5.34. The first-order valence-corrected chi connectivity index (χ1v) is 8.44. The van der Waals surface area contributed by atoms with Crippen molar-refractivity contribution in [3.63, 3.8) is 0 Å². The highest BCUT2D eigenvalue weighted by Crippen LogP contribution is 2.19. The summed E-state index contributed by atoms with van der Waals surface area (Å²) in [4.78, 5) is 14.2. The van der Waals surface area contributed by atoms with Gasteiger partial charge in [-0.25, -0.2) is 13.1 Å². The molecule has 114 valence electrons. The van der Waals surface area contributed by atoms with Crippen molar-refractivity contribution in [1.82, 2.24) is 9.62 Å². The van der Waals surface area contributed by atoms with Gasteiger partial charge in [0.1, 0.15) is 0 Å². The Bertz CT molecular complexity index is 640. The van der Waals surface area contributed by atoms with E-state index < -0.39 is 10.0 Å². The molecule has 1 atom stereocenters. The smallest absolute Gasteiger partial charge is 0.253 e. The van der Waals surface area contributed by atoms with Crippen LogP contribution in [0.2, 0.25) is 0 Å². The minimum atomic E-state index is -3.39. The van der Waals surface area contributed by atoms with Crippen molar-refractivity contribution in [2.45, 2.75) is 13.3 Å². The zero-order valence-corrected chi connectivity index (χ0v) is 12.9. The molecule has 6 heteroatoms. The molecule has 1 heterocycles. The fourth-order valence-corrected chi connectivity index (χ4v) is 3.02. The van der Waals surface area contributed by atoms with Crippen LogP contribution in [0.25, 0.3) is 0 Å². The number of amides is 1. The summed E-state index contributed by atoms with van der Waals surface area (Å²) in [7, 11) is -3.39. The van der Waals surface area contributed by atoms with Crippen LogP contribution in [0.4, 0.5) is 0 Å². The Balaban J connectivity index is 1.93. The molecule has 0 spiro atoms. The van der Waals surface area contributed by atoms with E-state index >= 15 is 0 Å². The van der Waals surface area contributed by atoms with Gasteiger partial charge in [0.2, 0.25) is 10.0 Å². The van der Waals surface area contributed by atoms with Gasteiger partial charge in [-0.05, 0) is 31.4 Å². The summed E-state index contributed by atoms with van der Waals surface area (Å²) in [5.74, 6) is 0.154. The molecule has 1 fully saturated rings. The highest BCUT2D eigenvalue weighted by Gasteiger charge is 2.27. The Hall–Kier alpha value is -1.66. The van der Waals surface area contributed by atoms with Gasteiger partial charge in [0.25, 0.3) is 5.91 Å². The van der Waals surface area contributed by atoms with Gasteiger partial charge in [0.05, 0.1) is 0 Å². The molecule has 1 aromatic carbocycles. The van der Waals surface area contributed by atoms with E-state index in [1.165, 1.54) is 0 Å². The average Bonchev–Trinajstić information content (AvgIpc) is 2.93. The topological polar surface area (TPSA) is 66.5 Å². The Labute approximate surface area is 125 Å². The van der Waals surface area contributed by atoms with Gasteiger partial charge in [-0.15, -0.1) is 0 Å². The Morgan fingerprint density at radius 2 is 2.29 bits per heavy atom. The third-order valence-corrected chi connectivity index (χ3v) is 4.64. The van der Waals surface area contributed by atoms with Crippen molar-refractivity contribution in [1.29, 1.82) is 0 Å². The number of likely N-dealkylation sites (tertiary alicyclic amines) is 1.